The molecule has 0 aromatic heterocycles. The second-order valence-corrected chi connectivity index (χ2v) is 12.3. The molecule has 0 bridgehead atoms. The number of thioether (sulfide) groups is 1. The van der Waals surface area contributed by atoms with Crippen LogP contribution in [0.5, 0.6) is 5.75 Å². The zero-order valence-electron chi connectivity index (χ0n) is 18.8. The molecule has 10 nitrogen and oxygen atoms in total. The van der Waals surface area contributed by atoms with Gasteiger partial charge in [0.2, 0.25) is 5.91 Å². The van der Waals surface area contributed by atoms with E-state index in [1.54, 1.807) is 0 Å². The van der Waals surface area contributed by atoms with Crippen LogP contribution in [0.15, 0.2) is 68.6 Å². The smallest absolute Gasteiger partial charge is 0.296 e. The Labute approximate surface area is 207 Å². The van der Waals surface area contributed by atoms with Crippen LogP contribution in [0.4, 0.5) is 17.1 Å². The molecule has 0 fully saturated rings. The van der Waals surface area contributed by atoms with Crippen molar-refractivity contribution in [1.29, 1.82) is 0 Å². The highest BCUT2D eigenvalue weighted by molar-refractivity contribution is 8.00. The summed E-state index contributed by atoms with van der Waals surface area (Å²) in [5.74, 6) is 0.377. The van der Waals surface area contributed by atoms with Crippen molar-refractivity contribution in [3.63, 3.8) is 0 Å². The summed E-state index contributed by atoms with van der Waals surface area (Å²) in [4.78, 5) is 10.8. The molecule has 186 valence electrons. The summed E-state index contributed by atoms with van der Waals surface area (Å²) in [5, 5.41) is 21.5. The van der Waals surface area contributed by atoms with Crippen molar-refractivity contribution in [3.05, 3.63) is 48.5 Å². The van der Waals surface area contributed by atoms with E-state index in [-0.39, 0.29) is 33.0 Å². The molecule has 3 rings (SSSR count). The fourth-order valence-electron chi connectivity index (χ4n) is 3.17. The molecule has 3 N–H and O–H groups in total. The van der Waals surface area contributed by atoms with Crippen LogP contribution in [0.2, 0.25) is 0 Å². The molecular formula is C22H23N3O7S3. The Balaban J connectivity index is 2.01. The average Bonchev–Trinajstić information content (AvgIpc) is 2.78. The van der Waals surface area contributed by atoms with Crippen LogP contribution in [0.1, 0.15) is 13.8 Å². The van der Waals surface area contributed by atoms with E-state index in [0.717, 1.165) is 11.8 Å². The summed E-state index contributed by atoms with van der Waals surface area (Å²) in [6.45, 7) is 3.26. The molecule has 35 heavy (non-hydrogen) atoms. The minimum absolute atomic E-state index is 0.00444. The third-order valence-corrected chi connectivity index (χ3v) is 8.57. The van der Waals surface area contributed by atoms with Gasteiger partial charge < -0.3 is 10.4 Å². The number of phenols is 1. The predicted octanol–water partition coefficient (Wildman–Crippen LogP) is 4.69. The van der Waals surface area contributed by atoms with Gasteiger partial charge in [0.15, 0.2) is 15.6 Å². The van der Waals surface area contributed by atoms with Gasteiger partial charge in [-0.3, -0.25) is 9.35 Å². The number of amides is 1. The molecule has 1 amide bonds. The van der Waals surface area contributed by atoms with Crippen molar-refractivity contribution in [2.24, 2.45) is 10.2 Å². The number of azo groups is 1. The second-order valence-electron chi connectivity index (χ2n) is 7.37. The monoisotopic (exact) mass is 537 g/mol. The molecule has 0 aliphatic heterocycles. The van der Waals surface area contributed by atoms with Crippen molar-refractivity contribution in [3.8, 4) is 5.75 Å². The van der Waals surface area contributed by atoms with Crippen molar-refractivity contribution in [2.45, 2.75) is 23.6 Å². The van der Waals surface area contributed by atoms with E-state index < -0.39 is 36.3 Å². The highest BCUT2D eigenvalue weighted by Crippen LogP contribution is 2.42. The molecule has 0 spiro atoms. The number of hydrogen-bond donors (Lipinski definition) is 3. The van der Waals surface area contributed by atoms with Gasteiger partial charge in [0.25, 0.3) is 10.1 Å². The first kappa shape index (κ1) is 26.6. The minimum atomic E-state index is -4.78. The molecule has 0 aliphatic carbocycles. The summed E-state index contributed by atoms with van der Waals surface area (Å²) in [5.41, 5.74) is 0.0462. The third kappa shape index (κ3) is 6.57. The van der Waals surface area contributed by atoms with Gasteiger partial charge in [-0.2, -0.15) is 25.3 Å². The molecule has 3 aromatic rings. The molecule has 0 unspecified atom stereocenters. The number of hydrogen-bond acceptors (Lipinski definition) is 9. The Morgan fingerprint density at radius 2 is 1.71 bits per heavy atom. The van der Waals surface area contributed by atoms with Crippen molar-refractivity contribution >= 4 is 65.5 Å². The summed E-state index contributed by atoms with van der Waals surface area (Å²) in [6.07, 6.45) is 0. The Hall–Kier alpha value is -3.00. The van der Waals surface area contributed by atoms with E-state index in [2.05, 4.69) is 15.5 Å². The first-order valence-electron chi connectivity index (χ1n) is 10.3. The number of sulfone groups is 1. The first-order valence-corrected chi connectivity index (χ1v) is 14.5. The Morgan fingerprint density at radius 3 is 2.31 bits per heavy atom. The average molecular weight is 538 g/mol. The summed E-state index contributed by atoms with van der Waals surface area (Å²) in [7, 11) is -8.24. The maximum Gasteiger partial charge on any atom is 0.296 e. The van der Waals surface area contributed by atoms with E-state index in [9.17, 15) is 31.3 Å². The SMILES string of the molecule is CCSCCS(=O)(=O)c1ccc(N=Nc2c(S(=O)(=O)O)cc3ccc(NC(C)=O)cc3c2O)cc1. The zero-order valence-corrected chi connectivity index (χ0v) is 21.2. The van der Waals surface area contributed by atoms with Crippen LogP contribution in [-0.4, -0.2) is 49.7 Å². The van der Waals surface area contributed by atoms with Crippen LogP contribution in [0.3, 0.4) is 0 Å². The maximum absolute atomic E-state index is 12.4. The van der Waals surface area contributed by atoms with Gasteiger partial charge in [0, 0.05) is 23.8 Å². The topological polar surface area (TPSA) is 163 Å². The van der Waals surface area contributed by atoms with Crippen molar-refractivity contribution in [2.75, 3.05) is 22.6 Å². The lowest BCUT2D eigenvalue weighted by atomic mass is 10.1. The molecule has 0 aliphatic rings. The van der Waals surface area contributed by atoms with E-state index in [1.807, 2.05) is 6.92 Å². The van der Waals surface area contributed by atoms with Crippen LogP contribution in [0, 0.1) is 0 Å². The molecule has 13 heteroatoms. The fraction of sp³-hybridized carbons (Fsp3) is 0.227. The number of benzene rings is 3. The van der Waals surface area contributed by atoms with Crippen LogP contribution in [-0.2, 0) is 24.7 Å². The maximum atomic E-state index is 12.4. The van der Waals surface area contributed by atoms with Crippen LogP contribution < -0.4 is 5.32 Å². The molecular weight excluding hydrogens is 514 g/mol. The lowest BCUT2D eigenvalue weighted by Gasteiger charge is -2.10. The number of fused-ring (bicyclic) bond motifs is 1. The quantitative estimate of drug-likeness (QED) is 0.201. The third-order valence-electron chi connectivity index (χ3n) is 4.81. The van der Waals surface area contributed by atoms with Crippen LogP contribution in [0.25, 0.3) is 10.8 Å². The van der Waals surface area contributed by atoms with Crippen molar-refractivity contribution in [1.82, 2.24) is 0 Å². The largest absolute Gasteiger partial charge is 0.505 e. The lowest BCUT2D eigenvalue weighted by Crippen LogP contribution is -2.08. The lowest BCUT2D eigenvalue weighted by molar-refractivity contribution is -0.114. The summed E-state index contributed by atoms with van der Waals surface area (Å²) in [6, 6.07) is 11.0. The number of aromatic hydroxyl groups is 1. The molecule has 0 heterocycles. The Bertz CT molecular complexity index is 1500. The number of carbonyl (C=O) groups is 1. The predicted molar refractivity (Wildman–Crippen MR) is 135 cm³/mol. The fourth-order valence-corrected chi connectivity index (χ4v) is 6.26. The van der Waals surface area contributed by atoms with E-state index in [0.29, 0.717) is 11.4 Å². The molecule has 0 radical (unpaired) electrons. The van der Waals surface area contributed by atoms with Gasteiger partial charge in [0.05, 0.1) is 16.3 Å². The van der Waals surface area contributed by atoms with E-state index >= 15 is 0 Å². The number of nitrogens with one attached hydrogen (secondary N) is 1. The molecule has 3 aromatic carbocycles. The van der Waals surface area contributed by atoms with Gasteiger partial charge in [-0.05, 0) is 53.6 Å². The standard InChI is InChI=1S/C22H23N3O7S3/c1-3-33-10-11-34(28,29)18-8-6-16(7-9-18)24-25-21-20(35(30,31)32)12-15-4-5-17(23-14(2)26)13-19(15)22(21)27/h4-9,12-13,27H,3,10-11H2,1-2H3,(H,23,26)(H,30,31,32). The Kier molecular flexibility index (Phi) is 8.15. The van der Waals surface area contributed by atoms with Gasteiger partial charge >= 0.3 is 0 Å². The van der Waals surface area contributed by atoms with Gasteiger partial charge in [-0.1, -0.05) is 13.0 Å². The van der Waals surface area contributed by atoms with E-state index in [1.165, 1.54) is 61.2 Å². The number of nitrogens with zero attached hydrogens (tertiary/aromatic N) is 2. The Morgan fingerprint density at radius 1 is 1.03 bits per heavy atom. The first-order chi connectivity index (χ1) is 16.4. The minimum Gasteiger partial charge on any atom is -0.505 e. The molecule has 0 atom stereocenters. The van der Waals surface area contributed by atoms with Crippen LogP contribution >= 0.6 is 11.8 Å². The second kappa shape index (κ2) is 10.7. The van der Waals surface area contributed by atoms with Gasteiger partial charge in [-0.25, -0.2) is 8.42 Å². The highest BCUT2D eigenvalue weighted by atomic mass is 32.2. The number of anilines is 1. The number of rotatable bonds is 9. The number of carbonyl (C=O) groups excluding carboxylic acids is 1. The normalized spacial score (nSPS) is 12.3. The summed E-state index contributed by atoms with van der Waals surface area (Å²) < 4.78 is 58.4. The van der Waals surface area contributed by atoms with Crippen molar-refractivity contribution < 1.29 is 31.3 Å². The van der Waals surface area contributed by atoms with Gasteiger partial charge in [0.1, 0.15) is 10.6 Å². The highest BCUT2D eigenvalue weighted by Gasteiger charge is 2.22. The summed E-state index contributed by atoms with van der Waals surface area (Å²) >= 11 is 1.52. The van der Waals surface area contributed by atoms with E-state index in [4.69, 9.17) is 0 Å². The molecule has 0 saturated heterocycles. The number of phenolic OH excluding ortho intramolecular Hbond substituents is 1. The zero-order chi connectivity index (χ0) is 25.8. The van der Waals surface area contributed by atoms with Gasteiger partial charge in [-0.15, -0.1) is 5.11 Å². The molecule has 0 saturated carbocycles.